The predicted molar refractivity (Wildman–Crippen MR) is 53.9 cm³/mol. The lowest BCUT2D eigenvalue weighted by Gasteiger charge is -2.17. The summed E-state index contributed by atoms with van der Waals surface area (Å²) < 4.78 is 0. The Balaban J connectivity index is 2.44. The van der Waals surface area contributed by atoms with Gasteiger partial charge in [0.15, 0.2) is 0 Å². The van der Waals surface area contributed by atoms with Crippen molar-refractivity contribution in [2.75, 3.05) is 0 Å². The fourth-order valence-corrected chi connectivity index (χ4v) is 1.04. The summed E-state index contributed by atoms with van der Waals surface area (Å²) in [5, 5.41) is 0. The lowest BCUT2D eigenvalue weighted by atomic mass is 9.89. The Kier molecular flexibility index (Phi) is 2.91. The van der Waals surface area contributed by atoms with E-state index in [0.717, 1.165) is 6.42 Å². The zero-order valence-corrected chi connectivity index (χ0v) is 8.17. The van der Waals surface area contributed by atoms with Crippen LogP contribution in [0.15, 0.2) is 30.3 Å². The molecule has 0 saturated heterocycles. The minimum atomic E-state index is 0.329. The smallest absolute Gasteiger partial charge is 0.0242 e. The van der Waals surface area contributed by atoms with Crippen LogP contribution < -0.4 is 0 Å². The second-order valence-corrected chi connectivity index (χ2v) is 4.26. The average Bonchev–Trinajstić information content (AvgIpc) is 2.02. The summed E-state index contributed by atoms with van der Waals surface area (Å²) in [7, 11) is 0. The van der Waals surface area contributed by atoms with Gasteiger partial charge in [0, 0.05) is 0 Å². The number of rotatable bonds is 2. The molecule has 12 heavy (non-hydrogen) atoms. The highest BCUT2D eigenvalue weighted by atomic mass is 14.1. The molecule has 1 aromatic carbocycles. The molecular formula is C12H17. The lowest BCUT2D eigenvalue weighted by molar-refractivity contribution is 0.483. The molecule has 1 aromatic rings. The molecule has 0 aliphatic rings. The molecule has 0 heterocycles. The second-order valence-electron chi connectivity index (χ2n) is 4.26. The molecule has 0 fully saturated rings. The zero-order valence-electron chi connectivity index (χ0n) is 8.17. The standard InChI is InChI=1S/C12H17/c1-12(2,3)10-9-11-7-5-4-6-8-11/h4-8,10H,9H2,1-3H3. The minimum Gasteiger partial charge on any atom is -0.0622 e. The van der Waals surface area contributed by atoms with Crippen molar-refractivity contribution in [3.8, 4) is 0 Å². The van der Waals surface area contributed by atoms with Crippen molar-refractivity contribution >= 4 is 0 Å². The van der Waals surface area contributed by atoms with Gasteiger partial charge in [0.2, 0.25) is 0 Å². The zero-order chi connectivity index (χ0) is 9.03. The van der Waals surface area contributed by atoms with Crippen molar-refractivity contribution in [2.45, 2.75) is 27.2 Å². The molecule has 0 unspecified atom stereocenters. The maximum Gasteiger partial charge on any atom is -0.0242 e. The van der Waals surface area contributed by atoms with Gasteiger partial charge in [0.25, 0.3) is 0 Å². The molecule has 0 saturated carbocycles. The van der Waals surface area contributed by atoms with Gasteiger partial charge in [-0.15, -0.1) is 0 Å². The maximum absolute atomic E-state index is 2.35. The van der Waals surface area contributed by atoms with Crippen molar-refractivity contribution in [1.82, 2.24) is 0 Å². The summed E-state index contributed by atoms with van der Waals surface area (Å²) in [6, 6.07) is 10.6. The molecule has 0 aliphatic heterocycles. The Hall–Kier alpha value is -0.780. The molecule has 0 aliphatic carbocycles. The van der Waals surface area contributed by atoms with Crippen molar-refractivity contribution in [3.05, 3.63) is 42.3 Å². The van der Waals surface area contributed by atoms with E-state index in [4.69, 9.17) is 0 Å². The Morgan fingerprint density at radius 1 is 1.08 bits per heavy atom. The summed E-state index contributed by atoms with van der Waals surface area (Å²) in [6.45, 7) is 6.70. The van der Waals surface area contributed by atoms with Crippen LogP contribution in [0.2, 0.25) is 0 Å². The molecule has 0 N–H and O–H groups in total. The summed E-state index contributed by atoms with van der Waals surface area (Å²) in [5.41, 5.74) is 1.72. The van der Waals surface area contributed by atoms with E-state index >= 15 is 0 Å². The second kappa shape index (κ2) is 3.75. The molecular weight excluding hydrogens is 144 g/mol. The molecule has 0 nitrogen and oxygen atoms in total. The van der Waals surface area contributed by atoms with Crippen LogP contribution >= 0.6 is 0 Å². The Bertz CT molecular complexity index is 216. The van der Waals surface area contributed by atoms with Crippen molar-refractivity contribution in [1.29, 1.82) is 0 Å². The fourth-order valence-electron chi connectivity index (χ4n) is 1.04. The van der Waals surface area contributed by atoms with Crippen LogP contribution in [-0.4, -0.2) is 0 Å². The highest BCUT2D eigenvalue weighted by Gasteiger charge is 2.09. The van der Waals surface area contributed by atoms with Gasteiger partial charge in [-0.3, -0.25) is 0 Å². The molecule has 1 radical (unpaired) electrons. The van der Waals surface area contributed by atoms with E-state index in [1.807, 2.05) is 0 Å². The highest BCUT2D eigenvalue weighted by Crippen LogP contribution is 2.19. The average molecular weight is 161 g/mol. The summed E-state index contributed by atoms with van der Waals surface area (Å²) in [6.07, 6.45) is 3.42. The Morgan fingerprint density at radius 3 is 2.17 bits per heavy atom. The topological polar surface area (TPSA) is 0 Å². The van der Waals surface area contributed by atoms with Crippen LogP contribution in [0.4, 0.5) is 0 Å². The SMILES string of the molecule is CC(C)(C)[CH]Cc1ccccc1. The quantitative estimate of drug-likeness (QED) is 0.623. The lowest BCUT2D eigenvalue weighted by Crippen LogP contribution is -2.07. The monoisotopic (exact) mass is 161 g/mol. The predicted octanol–water partition coefficient (Wildman–Crippen LogP) is 3.48. The molecule has 0 spiro atoms. The van der Waals surface area contributed by atoms with Crippen LogP contribution in [0, 0.1) is 11.8 Å². The molecule has 1 rings (SSSR count). The van der Waals surface area contributed by atoms with E-state index in [2.05, 4.69) is 57.5 Å². The van der Waals surface area contributed by atoms with Crippen molar-refractivity contribution < 1.29 is 0 Å². The number of benzene rings is 1. The number of hydrogen-bond acceptors (Lipinski definition) is 0. The molecule has 0 bridgehead atoms. The molecule has 0 heteroatoms. The summed E-state index contributed by atoms with van der Waals surface area (Å²) >= 11 is 0. The highest BCUT2D eigenvalue weighted by molar-refractivity contribution is 5.16. The van der Waals surface area contributed by atoms with Gasteiger partial charge in [-0.1, -0.05) is 51.1 Å². The van der Waals surface area contributed by atoms with Crippen LogP contribution in [0.3, 0.4) is 0 Å². The van der Waals surface area contributed by atoms with E-state index < -0.39 is 0 Å². The molecule has 0 aromatic heterocycles. The van der Waals surface area contributed by atoms with Gasteiger partial charge < -0.3 is 0 Å². The van der Waals surface area contributed by atoms with Gasteiger partial charge in [-0.2, -0.15) is 0 Å². The first-order valence-corrected chi connectivity index (χ1v) is 4.46. The third-order valence-electron chi connectivity index (χ3n) is 1.79. The normalized spacial score (nSPS) is 11.6. The maximum atomic E-state index is 2.35. The third-order valence-corrected chi connectivity index (χ3v) is 1.79. The fraction of sp³-hybridized carbons (Fsp3) is 0.417. The molecule has 0 amide bonds. The molecule has 65 valence electrons. The van der Waals surface area contributed by atoms with Crippen molar-refractivity contribution in [2.24, 2.45) is 5.41 Å². The van der Waals surface area contributed by atoms with E-state index in [0.29, 0.717) is 5.41 Å². The third kappa shape index (κ3) is 3.56. The summed E-state index contributed by atoms with van der Waals surface area (Å²) in [4.78, 5) is 0. The van der Waals surface area contributed by atoms with Gasteiger partial charge in [0.05, 0.1) is 0 Å². The Morgan fingerprint density at radius 2 is 1.67 bits per heavy atom. The van der Waals surface area contributed by atoms with Gasteiger partial charge >= 0.3 is 0 Å². The largest absolute Gasteiger partial charge is 0.0622 e. The van der Waals surface area contributed by atoms with Gasteiger partial charge in [-0.25, -0.2) is 0 Å². The number of hydrogen-bond donors (Lipinski definition) is 0. The summed E-state index contributed by atoms with van der Waals surface area (Å²) in [5.74, 6) is 0. The first-order chi connectivity index (χ1) is 5.58. The van der Waals surface area contributed by atoms with Crippen LogP contribution in [0.1, 0.15) is 26.3 Å². The van der Waals surface area contributed by atoms with Crippen molar-refractivity contribution in [3.63, 3.8) is 0 Å². The minimum absolute atomic E-state index is 0.329. The van der Waals surface area contributed by atoms with E-state index in [9.17, 15) is 0 Å². The van der Waals surface area contributed by atoms with E-state index in [1.54, 1.807) is 0 Å². The van der Waals surface area contributed by atoms with E-state index in [1.165, 1.54) is 5.56 Å². The first-order valence-electron chi connectivity index (χ1n) is 4.46. The van der Waals surface area contributed by atoms with E-state index in [-0.39, 0.29) is 0 Å². The van der Waals surface area contributed by atoms with Gasteiger partial charge in [-0.05, 0) is 23.8 Å². The Labute approximate surface area is 75.6 Å². The van der Waals surface area contributed by atoms with Crippen LogP contribution in [-0.2, 0) is 6.42 Å². The van der Waals surface area contributed by atoms with Gasteiger partial charge in [0.1, 0.15) is 0 Å². The molecule has 0 atom stereocenters. The van der Waals surface area contributed by atoms with Crippen LogP contribution in [0.5, 0.6) is 0 Å². The van der Waals surface area contributed by atoms with Crippen LogP contribution in [0.25, 0.3) is 0 Å². The first kappa shape index (κ1) is 9.31.